The number of hydrogen-bond acceptors (Lipinski definition) is 3. The summed E-state index contributed by atoms with van der Waals surface area (Å²) >= 11 is 5.56. The van der Waals surface area contributed by atoms with E-state index in [9.17, 15) is 23.5 Å². The highest BCUT2D eigenvalue weighted by atomic mass is 35.5. The minimum absolute atomic E-state index is 0.369. The molecule has 1 aromatic rings. The van der Waals surface area contributed by atoms with Crippen molar-refractivity contribution < 1.29 is 28.6 Å². The largest absolute Gasteiger partial charge is 0.480 e. The number of aliphatic hydroxyl groups excluding tert-OH is 1. The van der Waals surface area contributed by atoms with Crippen LogP contribution < -0.4 is 5.32 Å². The Morgan fingerprint density at radius 3 is 2.32 bits per heavy atom. The summed E-state index contributed by atoms with van der Waals surface area (Å²) in [7, 11) is 0. The number of halogens is 3. The Morgan fingerprint density at radius 2 is 1.84 bits per heavy atom. The molecule has 0 bridgehead atoms. The standard InChI is InChI=1S/C11H10ClF2NO4/c1-4(16)9(11(18)19)15-10(17)5-2-7(13)8(14)3-6(5)12/h2-4,9,16H,1H3,(H,15,17)(H,18,19)/t4-,9+/m1/s1. The molecule has 104 valence electrons. The van der Waals surface area contributed by atoms with Crippen LogP contribution >= 0.6 is 11.6 Å². The molecule has 0 saturated carbocycles. The number of benzene rings is 1. The molecule has 1 aromatic carbocycles. The second-order valence-electron chi connectivity index (χ2n) is 3.78. The first-order valence-corrected chi connectivity index (χ1v) is 5.48. The van der Waals surface area contributed by atoms with Crippen LogP contribution in [0.3, 0.4) is 0 Å². The van der Waals surface area contributed by atoms with E-state index in [1.165, 1.54) is 0 Å². The van der Waals surface area contributed by atoms with Gasteiger partial charge in [-0.1, -0.05) is 11.6 Å². The number of aliphatic hydroxyl groups is 1. The van der Waals surface area contributed by atoms with Gasteiger partial charge in [0.25, 0.3) is 5.91 Å². The van der Waals surface area contributed by atoms with Crippen LogP contribution in [0.25, 0.3) is 0 Å². The topological polar surface area (TPSA) is 86.6 Å². The average Bonchev–Trinajstić information content (AvgIpc) is 2.29. The number of rotatable bonds is 4. The van der Waals surface area contributed by atoms with Crippen molar-refractivity contribution in [2.45, 2.75) is 19.1 Å². The molecule has 0 radical (unpaired) electrons. The molecule has 0 aromatic heterocycles. The van der Waals surface area contributed by atoms with Gasteiger partial charge in [0, 0.05) is 0 Å². The van der Waals surface area contributed by atoms with Crippen LogP contribution in [0.1, 0.15) is 17.3 Å². The van der Waals surface area contributed by atoms with Gasteiger partial charge in [-0.2, -0.15) is 0 Å². The fraction of sp³-hybridized carbons (Fsp3) is 0.273. The predicted octanol–water partition coefficient (Wildman–Crippen LogP) is 1.18. The van der Waals surface area contributed by atoms with E-state index >= 15 is 0 Å². The SMILES string of the molecule is C[C@@H](O)[C@H](NC(=O)c1cc(F)c(F)cc1Cl)C(=O)O. The molecule has 0 aliphatic carbocycles. The zero-order chi connectivity index (χ0) is 14.7. The summed E-state index contributed by atoms with van der Waals surface area (Å²) in [6.07, 6.45) is -1.37. The van der Waals surface area contributed by atoms with Gasteiger partial charge in [-0.05, 0) is 19.1 Å². The first-order chi connectivity index (χ1) is 8.73. The van der Waals surface area contributed by atoms with Gasteiger partial charge in [0.15, 0.2) is 17.7 Å². The maximum Gasteiger partial charge on any atom is 0.328 e. The summed E-state index contributed by atoms with van der Waals surface area (Å²) in [5.74, 6) is -5.02. The van der Waals surface area contributed by atoms with Crippen LogP contribution in [0, 0.1) is 11.6 Å². The molecular weight excluding hydrogens is 284 g/mol. The monoisotopic (exact) mass is 293 g/mol. The average molecular weight is 294 g/mol. The molecule has 5 nitrogen and oxygen atoms in total. The van der Waals surface area contributed by atoms with E-state index in [1.54, 1.807) is 0 Å². The summed E-state index contributed by atoms with van der Waals surface area (Å²) in [5, 5.41) is 19.5. The Balaban J connectivity index is 3.01. The lowest BCUT2D eigenvalue weighted by Gasteiger charge is -2.17. The number of aliphatic carboxylic acids is 1. The Bertz CT molecular complexity index is 522. The molecule has 0 aliphatic rings. The molecule has 0 saturated heterocycles. The van der Waals surface area contributed by atoms with Crippen LogP contribution in [-0.2, 0) is 4.79 Å². The third-order valence-corrected chi connectivity index (χ3v) is 2.60. The number of carboxylic acid groups (broad SMARTS) is 1. The van der Waals surface area contributed by atoms with Gasteiger partial charge in [0.2, 0.25) is 0 Å². The van der Waals surface area contributed by atoms with Crippen molar-refractivity contribution in [3.05, 3.63) is 34.4 Å². The van der Waals surface area contributed by atoms with Crippen molar-refractivity contribution >= 4 is 23.5 Å². The van der Waals surface area contributed by atoms with Crippen molar-refractivity contribution in [2.75, 3.05) is 0 Å². The fourth-order valence-corrected chi connectivity index (χ4v) is 1.54. The molecule has 0 spiro atoms. The van der Waals surface area contributed by atoms with Gasteiger partial charge < -0.3 is 15.5 Å². The number of carbonyl (C=O) groups is 2. The van der Waals surface area contributed by atoms with Crippen molar-refractivity contribution in [1.82, 2.24) is 5.32 Å². The molecule has 0 aliphatic heterocycles. The molecule has 1 rings (SSSR count). The van der Waals surface area contributed by atoms with Gasteiger partial charge in [0.05, 0.1) is 16.7 Å². The Labute approximate surface area is 111 Å². The Kier molecular flexibility index (Phi) is 4.79. The fourth-order valence-electron chi connectivity index (χ4n) is 1.30. The van der Waals surface area contributed by atoms with Crippen LogP contribution in [0.2, 0.25) is 5.02 Å². The van der Waals surface area contributed by atoms with Gasteiger partial charge >= 0.3 is 5.97 Å². The third-order valence-electron chi connectivity index (χ3n) is 2.29. The summed E-state index contributed by atoms with van der Waals surface area (Å²) < 4.78 is 25.8. The molecule has 0 fully saturated rings. The van der Waals surface area contributed by atoms with E-state index in [-0.39, 0.29) is 5.02 Å². The highest BCUT2D eigenvalue weighted by Crippen LogP contribution is 2.20. The van der Waals surface area contributed by atoms with Crippen LogP contribution in [-0.4, -0.2) is 34.2 Å². The van der Waals surface area contributed by atoms with Crippen molar-refractivity contribution in [2.24, 2.45) is 0 Å². The van der Waals surface area contributed by atoms with Crippen molar-refractivity contribution in [1.29, 1.82) is 0 Å². The quantitative estimate of drug-likeness (QED) is 0.728. The normalized spacial score (nSPS) is 13.7. The van der Waals surface area contributed by atoms with Crippen molar-refractivity contribution in [3.63, 3.8) is 0 Å². The number of carbonyl (C=O) groups excluding carboxylic acids is 1. The van der Waals surface area contributed by atoms with E-state index in [2.05, 4.69) is 0 Å². The minimum atomic E-state index is -1.59. The Morgan fingerprint density at radius 1 is 1.32 bits per heavy atom. The molecule has 8 heteroatoms. The van der Waals surface area contributed by atoms with E-state index in [0.717, 1.165) is 6.92 Å². The number of hydrogen-bond donors (Lipinski definition) is 3. The van der Waals surface area contributed by atoms with Crippen molar-refractivity contribution in [3.8, 4) is 0 Å². The lowest BCUT2D eigenvalue weighted by molar-refractivity contribution is -0.141. The third kappa shape index (κ3) is 3.62. The van der Waals surface area contributed by atoms with Gasteiger partial charge in [-0.25, -0.2) is 13.6 Å². The number of carboxylic acids is 1. The highest BCUT2D eigenvalue weighted by molar-refractivity contribution is 6.33. The molecular formula is C11H10ClF2NO4. The predicted molar refractivity (Wildman–Crippen MR) is 61.9 cm³/mol. The molecule has 0 heterocycles. The van der Waals surface area contributed by atoms with Crippen LogP contribution in [0.5, 0.6) is 0 Å². The van der Waals surface area contributed by atoms with Gasteiger partial charge in [0.1, 0.15) is 0 Å². The van der Waals surface area contributed by atoms with Gasteiger partial charge in [-0.15, -0.1) is 0 Å². The maximum absolute atomic E-state index is 13.0. The number of amides is 1. The van der Waals surface area contributed by atoms with E-state index in [0.29, 0.717) is 12.1 Å². The minimum Gasteiger partial charge on any atom is -0.480 e. The molecule has 0 unspecified atom stereocenters. The second-order valence-corrected chi connectivity index (χ2v) is 4.18. The summed E-state index contributed by atoms with van der Waals surface area (Å²) in [6, 6.07) is -0.436. The Hall–Kier alpha value is -1.73. The second kappa shape index (κ2) is 5.94. The van der Waals surface area contributed by atoms with E-state index in [1.807, 2.05) is 5.32 Å². The lowest BCUT2D eigenvalue weighted by Crippen LogP contribution is -2.47. The van der Waals surface area contributed by atoms with E-state index < -0.39 is 41.2 Å². The summed E-state index contributed by atoms with van der Waals surface area (Å²) in [6.45, 7) is 1.16. The van der Waals surface area contributed by atoms with Crippen LogP contribution in [0.15, 0.2) is 12.1 Å². The van der Waals surface area contributed by atoms with E-state index in [4.69, 9.17) is 16.7 Å². The molecule has 1 amide bonds. The smallest absolute Gasteiger partial charge is 0.328 e. The van der Waals surface area contributed by atoms with Crippen LogP contribution in [0.4, 0.5) is 8.78 Å². The molecule has 19 heavy (non-hydrogen) atoms. The first-order valence-electron chi connectivity index (χ1n) is 5.10. The maximum atomic E-state index is 13.0. The lowest BCUT2D eigenvalue weighted by atomic mass is 10.1. The zero-order valence-electron chi connectivity index (χ0n) is 9.65. The number of nitrogens with one attached hydrogen (secondary N) is 1. The molecule has 2 atom stereocenters. The molecule has 3 N–H and O–H groups in total. The van der Waals surface area contributed by atoms with Gasteiger partial charge in [-0.3, -0.25) is 4.79 Å². The zero-order valence-corrected chi connectivity index (χ0v) is 10.4. The summed E-state index contributed by atoms with van der Waals surface area (Å²) in [5.41, 5.74) is -0.424. The highest BCUT2D eigenvalue weighted by Gasteiger charge is 2.26. The summed E-state index contributed by atoms with van der Waals surface area (Å²) in [4.78, 5) is 22.5. The first kappa shape index (κ1) is 15.3.